The maximum absolute atomic E-state index is 11.3. The number of nitrogens with zero attached hydrogens (tertiary/aromatic N) is 2. The Bertz CT molecular complexity index is 662. The number of hydrogen-bond donors (Lipinski definition) is 1. The lowest BCUT2D eigenvalue weighted by Gasteiger charge is -2.07. The normalized spacial score (nSPS) is 10.6. The number of carbonyl (C=O) groups is 1. The zero-order valence-electron chi connectivity index (χ0n) is 11.1. The highest BCUT2D eigenvalue weighted by Gasteiger charge is 2.13. The van der Waals surface area contributed by atoms with Gasteiger partial charge in [0.05, 0.1) is 5.56 Å². The molecule has 0 spiro atoms. The van der Waals surface area contributed by atoms with Gasteiger partial charge in [-0.1, -0.05) is 34.6 Å². The highest BCUT2D eigenvalue weighted by molar-refractivity contribution is 9.10. The Morgan fingerprint density at radius 3 is 2.75 bits per heavy atom. The van der Waals surface area contributed by atoms with Crippen molar-refractivity contribution < 1.29 is 9.90 Å². The van der Waals surface area contributed by atoms with Crippen molar-refractivity contribution in [2.24, 2.45) is 0 Å². The summed E-state index contributed by atoms with van der Waals surface area (Å²) in [6, 6.07) is 6.99. The number of aryl methyl sites for hydroxylation is 2. The minimum absolute atomic E-state index is 0.271. The zero-order valence-corrected chi connectivity index (χ0v) is 13.5. The molecule has 0 radical (unpaired) electrons. The van der Waals surface area contributed by atoms with E-state index in [-0.39, 0.29) is 5.56 Å². The molecule has 1 aromatic heterocycles. The van der Waals surface area contributed by atoms with E-state index in [1.54, 1.807) is 18.2 Å². The van der Waals surface area contributed by atoms with Crippen molar-refractivity contribution in [3.8, 4) is 0 Å². The Labute approximate surface area is 129 Å². The van der Waals surface area contributed by atoms with Crippen LogP contribution in [0.2, 0.25) is 0 Å². The molecule has 0 amide bonds. The third kappa shape index (κ3) is 3.58. The molecular weight excluding hydrogens is 340 g/mol. The van der Waals surface area contributed by atoms with Crippen LogP contribution in [0.4, 0.5) is 0 Å². The predicted octanol–water partition coefficient (Wildman–Crippen LogP) is 3.96. The second-order valence-electron chi connectivity index (χ2n) is 4.15. The largest absolute Gasteiger partial charge is 0.478 e. The van der Waals surface area contributed by atoms with E-state index in [2.05, 4.69) is 25.9 Å². The summed E-state index contributed by atoms with van der Waals surface area (Å²) < 4.78 is 0.839. The molecule has 1 N–H and O–H groups in total. The predicted molar refractivity (Wildman–Crippen MR) is 81.4 cm³/mol. The molecule has 4 nitrogen and oxygen atoms in total. The molecule has 2 aromatic rings. The molecule has 20 heavy (non-hydrogen) atoms. The third-order valence-corrected chi connectivity index (χ3v) is 4.09. The Kier molecular flexibility index (Phi) is 4.77. The maximum atomic E-state index is 11.3. The Morgan fingerprint density at radius 2 is 2.10 bits per heavy atom. The topological polar surface area (TPSA) is 63.1 Å². The first kappa shape index (κ1) is 15.0. The number of carboxylic acid groups (broad SMARTS) is 1. The molecule has 0 aliphatic carbocycles. The van der Waals surface area contributed by atoms with Gasteiger partial charge >= 0.3 is 5.97 Å². The second kappa shape index (κ2) is 6.37. The molecule has 0 atom stereocenters. The molecule has 0 aliphatic heterocycles. The van der Waals surface area contributed by atoms with Gasteiger partial charge in [-0.2, -0.15) is 0 Å². The van der Waals surface area contributed by atoms with Gasteiger partial charge in [-0.15, -0.1) is 0 Å². The van der Waals surface area contributed by atoms with Crippen LogP contribution < -0.4 is 0 Å². The molecule has 0 unspecified atom stereocenters. The fourth-order valence-electron chi connectivity index (χ4n) is 1.70. The fourth-order valence-corrected chi connectivity index (χ4v) is 3.26. The smallest absolute Gasteiger partial charge is 0.336 e. The van der Waals surface area contributed by atoms with E-state index in [0.717, 1.165) is 21.6 Å². The van der Waals surface area contributed by atoms with Crippen LogP contribution in [-0.2, 0) is 6.42 Å². The molecule has 0 fully saturated rings. The van der Waals surface area contributed by atoms with Crippen LogP contribution in [0, 0.1) is 6.92 Å². The molecule has 0 aliphatic rings. The first-order chi connectivity index (χ1) is 9.49. The molecule has 2 rings (SSSR count). The monoisotopic (exact) mass is 352 g/mol. The van der Waals surface area contributed by atoms with E-state index in [0.29, 0.717) is 10.7 Å². The number of halogens is 1. The standard InChI is InChI=1S/C14H13BrN2O2S/c1-3-10-7-13(17-8(2)16-10)20-12-6-9(15)4-5-11(12)14(18)19/h4-7H,3H2,1-2H3,(H,18,19). The van der Waals surface area contributed by atoms with Crippen molar-refractivity contribution in [2.45, 2.75) is 30.2 Å². The average molecular weight is 353 g/mol. The van der Waals surface area contributed by atoms with Crippen LogP contribution >= 0.6 is 27.7 Å². The summed E-state index contributed by atoms with van der Waals surface area (Å²) >= 11 is 4.70. The summed E-state index contributed by atoms with van der Waals surface area (Å²) in [7, 11) is 0. The molecule has 0 bridgehead atoms. The highest BCUT2D eigenvalue weighted by Crippen LogP contribution is 2.32. The van der Waals surface area contributed by atoms with Crippen molar-refractivity contribution in [3.05, 3.63) is 45.8 Å². The molecule has 1 heterocycles. The number of rotatable bonds is 4. The lowest BCUT2D eigenvalue weighted by Crippen LogP contribution is -2.00. The fraction of sp³-hybridized carbons (Fsp3) is 0.214. The van der Waals surface area contributed by atoms with E-state index < -0.39 is 5.97 Å². The van der Waals surface area contributed by atoms with E-state index in [9.17, 15) is 9.90 Å². The van der Waals surface area contributed by atoms with Gasteiger partial charge in [0.25, 0.3) is 0 Å². The molecular formula is C14H13BrN2O2S. The summed E-state index contributed by atoms with van der Waals surface area (Å²) in [6.07, 6.45) is 0.821. The number of carboxylic acids is 1. The van der Waals surface area contributed by atoms with Crippen molar-refractivity contribution in [1.82, 2.24) is 9.97 Å². The quantitative estimate of drug-likeness (QED) is 0.843. The third-order valence-electron chi connectivity index (χ3n) is 2.62. The highest BCUT2D eigenvalue weighted by atomic mass is 79.9. The van der Waals surface area contributed by atoms with Gasteiger partial charge in [-0.25, -0.2) is 14.8 Å². The average Bonchev–Trinajstić information content (AvgIpc) is 2.37. The summed E-state index contributed by atoms with van der Waals surface area (Å²) in [6.45, 7) is 3.86. The van der Waals surface area contributed by atoms with E-state index in [1.165, 1.54) is 11.8 Å². The Balaban J connectivity index is 2.41. The summed E-state index contributed by atoms with van der Waals surface area (Å²) in [5.41, 5.74) is 1.22. The van der Waals surface area contributed by atoms with E-state index in [1.807, 2.05) is 19.9 Å². The van der Waals surface area contributed by atoms with Crippen molar-refractivity contribution >= 4 is 33.7 Å². The van der Waals surface area contributed by atoms with Gasteiger partial charge in [-0.05, 0) is 37.6 Å². The molecule has 1 aromatic carbocycles. The molecule has 6 heteroatoms. The lowest BCUT2D eigenvalue weighted by atomic mass is 10.2. The van der Waals surface area contributed by atoms with E-state index in [4.69, 9.17) is 0 Å². The maximum Gasteiger partial charge on any atom is 0.336 e. The Morgan fingerprint density at radius 1 is 1.35 bits per heavy atom. The first-order valence-corrected chi connectivity index (χ1v) is 7.65. The SMILES string of the molecule is CCc1cc(Sc2cc(Br)ccc2C(=O)O)nc(C)n1. The van der Waals surface area contributed by atoms with Gasteiger partial charge in [0, 0.05) is 15.1 Å². The second-order valence-corrected chi connectivity index (χ2v) is 6.12. The lowest BCUT2D eigenvalue weighted by molar-refractivity contribution is 0.0693. The van der Waals surface area contributed by atoms with Crippen LogP contribution in [0.3, 0.4) is 0 Å². The summed E-state index contributed by atoms with van der Waals surface area (Å²) in [5.74, 6) is -0.250. The van der Waals surface area contributed by atoms with Gasteiger partial charge in [-0.3, -0.25) is 0 Å². The van der Waals surface area contributed by atoms with Gasteiger partial charge in [0.15, 0.2) is 0 Å². The number of hydrogen-bond acceptors (Lipinski definition) is 4. The minimum atomic E-state index is -0.943. The summed E-state index contributed by atoms with van der Waals surface area (Å²) in [5, 5.41) is 9.99. The zero-order chi connectivity index (χ0) is 14.7. The van der Waals surface area contributed by atoms with Crippen LogP contribution in [0.5, 0.6) is 0 Å². The number of aromatic carboxylic acids is 1. The Hall–Kier alpha value is -1.40. The van der Waals surface area contributed by atoms with Crippen LogP contribution in [0.1, 0.15) is 28.8 Å². The summed E-state index contributed by atoms with van der Waals surface area (Å²) in [4.78, 5) is 20.6. The van der Waals surface area contributed by atoms with Crippen LogP contribution in [0.15, 0.2) is 38.7 Å². The van der Waals surface area contributed by atoms with Crippen molar-refractivity contribution in [3.63, 3.8) is 0 Å². The van der Waals surface area contributed by atoms with Gasteiger partial charge in [0.1, 0.15) is 10.9 Å². The minimum Gasteiger partial charge on any atom is -0.478 e. The van der Waals surface area contributed by atoms with Gasteiger partial charge in [0.2, 0.25) is 0 Å². The van der Waals surface area contributed by atoms with Crippen LogP contribution in [0.25, 0.3) is 0 Å². The van der Waals surface area contributed by atoms with Crippen molar-refractivity contribution in [1.29, 1.82) is 0 Å². The molecule has 0 saturated carbocycles. The number of benzene rings is 1. The van der Waals surface area contributed by atoms with Crippen LogP contribution in [-0.4, -0.2) is 21.0 Å². The molecule has 0 saturated heterocycles. The van der Waals surface area contributed by atoms with E-state index >= 15 is 0 Å². The van der Waals surface area contributed by atoms with Gasteiger partial charge < -0.3 is 5.11 Å². The number of aromatic nitrogens is 2. The molecule has 104 valence electrons. The van der Waals surface area contributed by atoms with Crippen molar-refractivity contribution in [2.75, 3.05) is 0 Å². The first-order valence-electron chi connectivity index (χ1n) is 6.05.